The number of hydrogen-bond acceptors (Lipinski definition) is 4. The Morgan fingerprint density at radius 1 is 1.14 bits per heavy atom. The van der Waals surface area contributed by atoms with Crippen LogP contribution in [-0.4, -0.2) is 15.5 Å². The molecule has 0 fully saturated rings. The van der Waals surface area contributed by atoms with Gasteiger partial charge in [0.25, 0.3) is 11.5 Å². The van der Waals surface area contributed by atoms with Crippen molar-refractivity contribution in [3.63, 3.8) is 0 Å². The molecule has 0 aliphatic rings. The number of amides is 1. The van der Waals surface area contributed by atoms with Gasteiger partial charge in [-0.2, -0.15) is 0 Å². The molecule has 2 aromatic carbocycles. The van der Waals surface area contributed by atoms with Crippen LogP contribution >= 0.6 is 12.2 Å². The molecule has 4 rings (SSSR count). The maximum absolute atomic E-state index is 12.9. The third-order valence-electron chi connectivity index (χ3n) is 4.90. The number of anilines is 1. The van der Waals surface area contributed by atoms with Crippen LogP contribution in [0.25, 0.3) is 10.9 Å². The van der Waals surface area contributed by atoms with Gasteiger partial charge in [-0.25, -0.2) is 0 Å². The van der Waals surface area contributed by atoms with Crippen molar-refractivity contribution < 1.29 is 9.21 Å². The van der Waals surface area contributed by atoms with Crippen molar-refractivity contribution in [2.45, 2.75) is 20.4 Å². The Bertz CT molecular complexity index is 1330. The van der Waals surface area contributed by atoms with Crippen LogP contribution in [0.2, 0.25) is 0 Å². The number of rotatable bonds is 4. The predicted molar refractivity (Wildman–Crippen MR) is 115 cm³/mol. The second kappa shape index (κ2) is 7.52. The molecule has 0 aliphatic heterocycles. The molecule has 0 radical (unpaired) electrons. The van der Waals surface area contributed by atoms with E-state index in [0.717, 1.165) is 16.8 Å². The van der Waals surface area contributed by atoms with Crippen LogP contribution < -0.4 is 10.9 Å². The van der Waals surface area contributed by atoms with Crippen LogP contribution in [0, 0.1) is 18.6 Å². The molecule has 0 saturated carbocycles. The topological polar surface area (TPSA) is 80.0 Å². The summed E-state index contributed by atoms with van der Waals surface area (Å²) in [5.41, 5.74) is 3.70. The minimum atomic E-state index is -0.255. The molecule has 0 atom stereocenters. The number of aromatic nitrogens is 2. The highest BCUT2D eigenvalue weighted by atomic mass is 32.1. The van der Waals surface area contributed by atoms with Gasteiger partial charge in [0.1, 0.15) is 5.76 Å². The molecule has 146 valence electrons. The van der Waals surface area contributed by atoms with Gasteiger partial charge in [0.15, 0.2) is 4.77 Å². The van der Waals surface area contributed by atoms with Crippen molar-refractivity contribution in [2.75, 3.05) is 5.32 Å². The summed E-state index contributed by atoms with van der Waals surface area (Å²) in [5.74, 6) is 0.379. The van der Waals surface area contributed by atoms with Crippen LogP contribution in [-0.2, 0) is 6.54 Å². The number of carbonyl (C=O) groups excluding carboxylic acids is 1. The molecular weight excluding hydrogens is 386 g/mol. The van der Waals surface area contributed by atoms with Gasteiger partial charge in [0.05, 0.1) is 23.7 Å². The normalized spacial score (nSPS) is 11.0. The fourth-order valence-corrected chi connectivity index (χ4v) is 3.38. The van der Waals surface area contributed by atoms with Gasteiger partial charge >= 0.3 is 0 Å². The van der Waals surface area contributed by atoms with Crippen molar-refractivity contribution >= 4 is 34.7 Å². The Balaban J connectivity index is 1.67. The third kappa shape index (κ3) is 3.77. The lowest BCUT2D eigenvalue weighted by atomic mass is 10.1. The van der Waals surface area contributed by atoms with Crippen LogP contribution in [0.15, 0.2) is 64.0 Å². The fraction of sp³-hybridized carbons (Fsp3) is 0.136. The zero-order chi connectivity index (χ0) is 20.5. The standard InChI is InChI=1S/C22H19N3O3S/c1-13-5-7-16(10-14(13)2)23-20(26)15-6-8-18-19(11-15)24-22(29)25(21(18)27)12-17-4-3-9-28-17/h3-11H,12H2,1-2H3,(H,23,26)(H,24,29). The van der Waals surface area contributed by atoms with Gasteiger partial charge in [-0.05, 0) is 79.7 Å². The number of hydrogen-bond donors (Lipinski definition) is 2. The Morgan fingerprint density at radius 3 is 2.69 bits per heavy atom. The number of nitrogens with zero attached hydrogens (tertiary/aromatic N) is 1. The molecule has 29 heavy (non-hydrogen) atoms. The predicted octanol–water partition coefficient (Wildman–Crippen LogP) is 4.57. The first-order chi connectivity index (χ1) is 13.9. The lowest BCUT2D eigenvalue weighted by Gasteiger charge is -2.10. The van der Waals surface area contributed by atoms with E-state index >= 15 is 0 Å². The van der Waals surface area contributed by atoms with Crippen LogP contribution in [0.3, 0.4) is 0 Å². The van der Waals surface area contributed by atoms with Crippen molar-refractivity contribution in [1.82, 2.24) is 9.55 Å². The summed E-state index contributed by atoms with van der Waals surface area (Å²) < 4.78 is 7.01. The molecule has 2 heterocycles. The number of furan rings is 1. The molecule has 1 amide bonds. The molecule has 0 aliphatic carbocycles. The van der Waals surface area contributed by atoms with Gasteiger partial charge < -0.3 is 14.7 Å². The summed E-state index contributed by atoms with van der Waals surface area (Å²) in [6, 6.07) is 14.2. The van der Waals surface area contributed by atoms with E-state index < -0.39 is 0 Å². The summed E-state index contributed by atoms with van der Waals surface area (Å²) in [6.07, 6.45) is 1.55. The van der Waals surface area contributed by atoms with E-state index in [1.54, 1.807) is 36.6 Å². The first kappa shape index (κ1) is 18.9. The number of H-pyrrole nitrogens is 1. The van der Waals surface area contributed by atoms with Gasteiger partial charge in [-0.15, -0.1) is 0 Å². The first-order valence-corrected chi connectivity index (χ1v) is 9.51. The number of aromatic amines is 1. The van der Waals surface area contributed by atoms with Crippen molar-refractivity contribution in [3.8, 4) is 0 Å². The summed E-state index contributed by atoms with van der Waals surface area (Å²) in [5, 5.41) is 3.34. The SMILES string of the molecule is Cc1ccc(NC(=O)c2ccc3c(=O)n(Cc4ccco4)c(=S)[nH]c3c2)cc1C. The zero-order valence-electron chi connectivity index (χ0n) is 16.0. The van der Waals surface area contributed by atoms with E-state index in [1.165, 1.54) is 4.57 Å². The maximum Gasteiger partial charge on any atom is 0.262 e. The number of aryl methyl sites for hydroxylation is 2. The zero-order valence-corrected chi connectivity index (χ0v) is 16.8. The molecule has 6 nitrogen and oxygen atoms in total. The second-order valence-electron chi connectivity index (χ2n) is 6.91. The van der Waals surface area contributed by atoms with Gasteiger partial charge in [-0.3, -0.25) is 14.2 Å². The molecule has 7 heteroatoms. The lowest BCUT2D eigenvalue weighted by Crippen LogP contribution is -2.23. The highest BCUT2D eigenvalue weighted by molar-refractivity contribution is 7.71. The van der Waals surface area contributed by atoms with E-state index in [-0.39, 0.29) is 22.8 Å². The highest BCUT2D eigenvalue weighted by Crippen LogP contribution is 2.17. The van der Waals surface area contributed by atoms with E-state index in [2.05, 4.69) is 10.3 Å². The molecule has 2 N–H and O–H groups in total. The smallest absolute Gasteiger partial charge is 0.262 e. The Morgan fingerprint density at radius 2 is 1.97 bits per heavy atom. The van der Waals surface area contributed by atoms with Crippen molar-refractivity contribution in [2.24, 2.45) is 0 Å². The number of benzene rings is 2. The summed E-state index contributed by atoms with van der Waals surface area (Å²) in [4.78, 5) is 28.6. The minimum Gasteiger partial charge on any atom is -0.467 e. The largest absolute Gasteiger partial charge is 0.467 e. The molecular formula is C22H19N3O3S. The number of nitrogens with one attached hydrogen (secondary N) is 2. The number of fused-ring (bicyclic) bond motifs is 1. The Labute approximate surface area is 171 Å². The van der Waals surface area contributed by atoms with E-state index in [1.807, 2.05) is 32.0 Å². The molecule has 2 aromatic heterocycles. The second-order valence-corrected chi connectivity index (χ2v) is 7.30. The monoisotopic (exact) mass is 405 g/mol. The van der Waals surface area contributed by atoms with Crippen molar-refractivity contribution in [1.29, 1.82) is 0 Å². The molecule has 0 unspecified atom stereocenters. The van der Waals surface area contributed by atoms with Gasteiger partial charge in [-0.1, -0.05) is 6.07 Å². The van der Waals surface area contributed by atoms with Gasteiger partial charge in [0.2, 0.25) is 0 Å². The highest BCUT2D eigenvalue weighted by Gasteiger charge is 2.12. The van der Waals surface area contributed by atoms with Crippen molar-refractivity contribution in [3.05, 3.63) is 92.4 Å². The summed E-state index contributed by atoms with van der Waals surface area (Å²) >= 11 is 5.35. The van der Waals surface area contributed by atoms with Crippen LogP contribution in [0.1, 0.15) is 27.2 Å². The van der Waals surface area contributed by atoms with Crippen LogP contribution in [0.5, 0.6) is 0 Å². The average Bonchev–Trinajstić information content (AvgIpc) is 3.21. The van der Waals surface area contributed by atoms with E-state index in [0.29, 0.717) is 22.2 Å². The van der Waals surface area contributed by atoms with E-state index in [9.17, 15) is 9.59 Å². The lowest BCUT2D eigenvalue weighted by molar-refractivity contribution is 0.102. The van der Waals surface area contributed by atoms with Crippen LogP contribution in [0.4, 0.5) is 5.69 Å². The Kier molecular flexibility index (Phi) is 4.90. The third-order valence-corrected chi connectivity index (χ3v) is 5.23. The summed E-state index contributed by atoms with van der Waals surface area (Å²) in [6.45, 7) is 4.26. The fourth-order valence-electron chi connectivity index (χ4n) is 3.12. The first-order valence-electron chi connectivity index (χ1n) is 9.10. The average molecular weight is 405 g/mol. The molecule has 4 aromatic rings. The minimum absolute atomic E-state index is 0.235. The van der Waals surface area contributed by atoms with Gasteiger partial charge in [0, 0.05) is 11.3 Å². The number of carbonyl (C=O) groups is 1. The quantitative estimate of drug-likeness (QED) is 0.488. The Hall–Kier alpha value is -3.45. The maximum atomic E-state index is 12.9. The molecule has 0 spiro atoms. The molecule has 0 bridgehead atoms. The van der Waals surface area contributed by atoms with E-state index in [4.69, 9.17) is 16.6 Å². The molecule has 0 saturated heterocycles. The summed E-state index contributed by atoms with van der Waals surface area (Å²) in [7, 11) is 0.